The third-order valence-electron chi connectivity index (χ3n) is 14.9. The Morgan fingerprint density at radius 1 is 0.479 bits per heavy atom. The van der Waals surface area contributed by atoms with E-state index in [0.29, 0.717) is 23.9 Å². The first-order valence-corrected chi connectivity index (χ1v) is 33.6. The molecule has 3 atom stereocenters. The van der Waals surface area contributed by atoms with Crippen molar-refractivity contribution in [2.75, 3.05) is 40.9 Å². The number of likely N-dealkylation sites (N-methyl/N-ethyl adjacent to an activating group) is 1. The first-order chi connectivity index (χ1) is 35.5. The molecule has 0 aliphatic rings. The number of allylic oxidation sites excluding steroid dienone is 4. The lowest BCUT2D eigenvalue weighted by atomic mass is 10.0. The second-order valence-corrected chi connectivity index (χ2v) is 24.9. The van der Waals surface area contributed by atoms with Crippen LogP contribution in [0.4, 0.5) is 0 Å². The number of hydrogen-bond donors (Lipinski definition) is 2. The highest BCUT2D eigenvalue weighted by Crippen LogP contribution is 2.38. The summed E-state index contributed by atoms with van der Waals surface area (Å²) in [5.41, 5.74) is 0. The Hall–Kier alpha value is -1.02. The highest BCUT2D eigenvalue weighted by Gasteiger charge is 2.24. The Labute approximate surface area is 455 Å². The molecule has 0 saturated heterocycles. The topological polar surface area (TPSA) is 108 Å². The van der Waals surface area contributed by atoms with Crippen LogP contribution in [0.2, 0.25) is 0 Å². The van der Waals surface area contributed by atoms with Crippen molar-refractivity contribution in [1.82, 2.24) is 5.32 Å². The summed E-state index contributed by atoms with van der Waals surface area (Å²) in [6.07, 6.45) is 70.9. The summed E-state index contributed by atoms with van der Waals surface area (Å²) in [6, 6.07) is -0.800. The molecule has 0 aliphatic carbocycles. The number of carbonyl (C=O) groups is 1. The molecule has 0 radical (unpaired) electrons. The van der Waals surface area contributed by atoms with Gasteiger partial charge in [-0.2, -0.15) is 0 Å². The standard InChI is InChI=1S/C64H127N2O6P/c1-6-8-10-12-14-16-18-20-22-24-26-28-29-30-31-32-33-34-35-36-37-38-40-42-44-46-48-50-52-54-56-58-64(68)65-62(61-72-73(69,70)71-60-59-66(3,4)5)63(67)57-55-53-51-49-47-45-43-41-39-27-25-23-21-19-17-15-13-11-9-7-2/h26,28,30-31,62-63,67H,6-25,27,29,32-61H2,1-5H3,(H-,65,68,69,70)/b28-26-,31-30-. The Balaban J connectivity index is 4.04. The van der Waals surface area contributed by atoms with Crippen LogP contribution in [0.5, 0.6) is 0 Å². The molecular formula is C64H127N2O6P. The first-order valence-electron chi connectivity index (χ1n) is 32.2. The molecule has 0 heterocycles. The number of unbranched alkanes of at least 4 members (excludes halogenated alkanes) is 43. The smallest absolute Gasteiger partial charge is 0.268 e. The summed E-state index contributed by atoms with van der Waals surface area (Å²) in [7, 11) is 1.32. The van der Waals surface area contributed by atoms with Gasteiger partial charge in [0.2, 0.25) is 5.91 Å². The van der Waals surface area contributed by atoms with Gasteiger partial charge in [0.25, 0.3) is 7.82 Å². The zero-order valence-corrected chi connectivity index (χ0v) is 50.5. The first kappa shape index (κ1) is 72.0. The van der Waals surface area contributed by atoms with E-state index < -0.39 is 20.0 Å². The maximum absolute atomic E-state index is 13.0. The molecule has 3 unspecified atom stereocenters. The van der Waals surface area contributed by atoms with Crippen molar-refractivity contribution >= 4 is 13.7 Å². The summed E-state index contributed by atoms with van der Waals surface area (Å²) in [6.45, 7) is 4.77. The van der Waals surface area contributed by atoms with Gasteiger partial charge in [0.1, 0.15) is 13.2 Å². The van der Waals surface area contributed by atoms with Crippen molar-refractivity contribution in [2.24, 2.45) is 0 Å². The van der Waals surface area contributed by atoms with Crippen LogP contribution in [0.3, 0.4) is 0 Å². The van der Waals surface area contributed by atoms with Crippen molar-refractivity contribution in [2.45, 2.75) is 341 Å². The molecule has 1 amide bonds. The number of carbonyl (C=O) groups excluding carboxylic acids is 1. The highest BCUT2D eigenvalue weighted by atomic mass is 31.2. The quantitative estimate of drug-likeness (QED) is 0.0272. The van der Waals surface area contributed by atoms with Crippen molar-refractivity contribution < 1.29 is 32.9 Å². The van der Waals surface area contributed by atoms with E-state index in [1.54, 1.807) is 0 Å². The maximum Gasteiger partial charge on any atom is 0.268 e. The van der Waals surface area contributed by atoms with Crippen LogP contribution in [0.1, 0.15) is 328 Å². The fraction of sp³-hybridized carbons (Fsp3) is 0.922. The van der Waals surface area contributed by atoms with E-state index in [1.807, 2.05) is 21.1 Å². The highest BCUT2D eigenvalue weighted by molar-refractivity contribution is 7.45. The fourth-order valence-corrected chi connectivity index (χ4v) is 10.6. The van der Waals surface area contributed by atoms with Gasteiger partial charge in [-0.25, -0.2) is 0 Å². The number of nitrogens with zero attached hydrogens (tertiary/aromatic N) is 1. The molecule has 434 valence electrons. The number of quaternary nitrogens is 1. The van der Waals surface area contributed by atoms with E-state index in [9.17, 15) is 19.4 Å². The number of amides is 1. The van der Waals surface area contributed by atoms with Crippen LogP contribution in [0.15, 0.2) is 24.3 Å². The van der Waals surface area contributed by atoms with Gasteiger partial charge >= 0.3 is 0 Å². The summed E-state index contributed by atoms with van der Waals surface area (Å²) < 4.78 is 23.5. The molecule has 0 aliphatic heterocycles. The number of aliphatic hydroxyl groups is 1. The van der Waals surface area contributed by atoms with Crippen molar-refractivity contribution in [3.63, 3.8) is 0 Å². The fourth-order valence-electron chi connectivity index (χ4n) is 9.90. The Morgan fingerprint density at radius 3 is 1.14 bits per heavy atom. The largest absolute Gasteiger partial charge is 0.756 e. The Kier molecular flexibility index (Phi) is 54.9. The summed E-state index contributed by atoms with van der Waals surface area (Å²) >= 11 is 0. The molecule has 0 aromatic carbocycles. The van der Waals surface area contributed by atoms with E-state index in [2.05, 4.69) is 43.5 Å². The molecule has 9 heteroatoms. The third kappa shape index (κ3) is 58.5. The average molecular weight is 1050 g/mol. The number of hydrogen-bond acceptors (Lipinski definition) is 6. The van der Waals surface area contributed by atoms with Crippen molar-refractivity contribution in [1.29, 1.82) is 0 Å². The van der Waals surface area contributed by atoms with Gasteiger partial charge in [-0.1, -0.05) is 301 Å². The molecule has 0 rings (SSSR count). The zero-order valence-electron chi connectivity index (χ0n) is 49.6. The van der Waals surface area contributed by atoms with Crippen LogP contribution in [0, 0.1) is 0 Å². The summed E-state index contributed by atoms with van der Waals surface area (Å²) in [5, 5.41) is 14.1. The predicted molar refractivity (Wildman–Crippen MR) is 316 cm³/mol. The number of phosphoric ester groups is 1. The summed E-state index contributed by atoms with van der Waals surface area (Å²) in [5.74, 6) is -0.159. The van der Waals surface area contributed by atoms with Gasteiger partial charge in [-0.3, -0.25) is 9.36 Å². The molecule has 0 aromatic rings. The van der Waals surface area contributed by atoms with Gasteiger partial charge in [-0.15, -0.1) is 0 Å². The molecule has 0 aromatic heterocycles. The minimum atomic E-state index is -4.57. The van der Waals surface area contributed by atoms with Crippen LogP contribution >= 0.6 is 7.82 Å². The van der Waals surface area contributed by atoms with Gasteiger partial charge in [0.15, 0.2) is 0 Å². The molecule has 0 fully saturated rings. The molecule has 73 heavy (non-hydrogen) atoms. The number of nitrogens with one attached hydrogen (secondary N) is 1. The molecule has 0 spiro atoms. The lowest BCUT2D eigenvalue weighted by molar-refractivity contribution is -0.870. The predicted octanol–water partition coefficient (Wildman–Crippen LogP) is 19.3. The monoisotopic (exact) mass is 1050 g/mol. The van der Waals surface area contributed by atoms with Crippen molar-refractivity contribution in [3.05, 3.63) is 24.3 Å². The molecular weight excluding hydrogens is 924 g/mol. The maximum atomic E-state index is 13.0. The van der Waals surface area contributed by atoms with E-state index in [0.717, 1.165) is 44.9 Å². The van der Waals surface area contributed by atoms with E-state index in [4.69, 9.17) is 9.05 Å². The van der Waals surface area contributed by atoms with Crippen LogP contribution in [-0.4, -0.2) is 68.5 Å². The third-order valence-corrected chi connectivity index (χ3v) is 15.9. The number of phosphoric acid groups is 1. The van der Waals surface area contributed by atoms with Gasteiger partial charge in [-0.05, 0) is 44.9 Å². The van der Waals surface area contributed by atoms with E-state index in [1.165, 1.54) is 257 Å². The van der Waals surface area contributed by atoms with Gasteiger partial charge < -0.3 is 28.8 Å². The van der Waals surface area contributed by atoms with E-state index >= 15 is 0 Å². The molecule has 2 N–H and O–H groups in total. The van der Waals surface area contributed by atoms with Crippen molar-refractivity contribution in [3.8, 4) is 0 Å². The van der Waals surface area contributed by atoms with Gasteiger partial charge in [0.05, 0.1) is 39.9 Å². The average Bonchev–Trinajstić information content (AvgIpc) is 3.35. The van der Waals surface area contributed by atoms with E-state index in [-0.39, 0.29) is 19.1 Å². The van der Waals surface area contributed by atoms with Crippen LogP contribution < -0.4 is 10.2 Å². The second-order valence-electron chi connectivity index (χ2n) is 23.5. The second kappa shape index (κ2) is 55.7. The van der Waals surface area contributed by atoms with Crippen LogP contribution in [0.25, 0.3) is 0 Å². The van der Waals surface area contributed by atoms with Gasteiger partial charge in [0, 0.05) is 6.42 Å². The normalized spacial score (nSPS) is 13.9. The Morgan fingerprint density at radius 2 is 0.795 bits per heavy atom. The lowest BCUT2D eigenvalue weighted by Gasteiger charge is -2.30. The SMILES string of the molecule is CCCCCCCCCCC/C=C\C/C=C\CCCCCCCCCCCCCCCCCC(=O)NC(COP(=O)([O-])OCC[N+](C)(C)C)C(O)CCCCCCCCCCCCCCCCCCCCCC. The summed E-state index contributed by atoms with van der Waals surface area (Å²) in [4.78, 5) is 25.6. The molecule has 0 bridgehead atoms. The van der Waals surface area contributed by atoms with Crippen LogP contribution in [-0.2, 0) is 18.4 Å². The number of rotatable bonds is 60. The minimum Gasteiger partial charge on any atom is -0.756 e. The molecule has 0 saturated carbocycles. The lowest BCUT2D eigenvalue weighted by Crippen LogP contribution is -2.46. The molecule has 8 nitrogen and oxygen atoms in total. The minimum absolute atomic E-state index is 0.0142. The Bertz CT molecular complexity index is 1240. The number of aliphatic hydroxyl groups excluding tert-OH is 1. The zero-order chi connectivity index (χ0) is 53.5.